The summed E-state index contributed by atoms with van der Waals surface area (Å²) in [5.74, 6) is -2.99. The van der Waals surface area contributed by atoms with Crippen LogP contribution in [0.1, 0.15) is 9.67 Å². The van der Waals surface area contributed by atoms with E-state index >= 15 is 0 Å². The number of carbonyl (C=O) groups is 1. The van der Waals surface area contributed by atoms with Crippen molar-refractivity contribution in [2.75, 3.05) is 5.32 Å². The van der Waals surface area contributed by atoms with Crippen molar-refractivity contribution in [3.8, 4) is 0 Å². The van der Waals surface area contributed by atoms with Gasteiger partial charge in [0.2, 0.25) is 5.82 Å². The van der Waals surface area contributed by atoms with Crippen molar-refractivity contribution in [1.82, 2.24) is 0 Å². The Kier molecular flexibility index (Phi) is 3.52. The van der Waals surface area contributed by atoms with E-state index in [2.05, 4.69) is 5.32 Å². The number of hydrogen-bond acceptors (Lipinski definition) is 4. The number of anilines is 1. The number of rotatable bonds is 3. The van der Waals surface area contributed by atoms with Gasteiger partial charge < -0.3 is 5.32 Å². The molecule has 19 heavy (non-hydrogen) atoms. The predicted molar refractivity (Wildman–Crippen MR) is 65.3 cm³/mol. The molecule has 0 bridgehead atoms. The molecule has 5 nitrogen and oxygen atoms in total. The fourth-order valence-electron chi connectivity index (χ4n) is 1.36. The number of hydrogen-bond donors (Lipinski definition) is 1. The molecular formula is C11H6F2N2O3S. The van der Waals surface area contributed by atoms with Gasteiger partial charge in [-0.3, -0.25) is 14.9 Å². The minimum Gasteiger partial charge on any atom is -0.319 e. The highest BCUT2D eigenvalue weighted by Crippen LogP contribution is 2.25. The van der Waals surface area contributed by atoms with E-state index in [1.54, 1.807) is 11.4 Å². The van der Waals surface area contributed by atoms with Crippen molar-refractivity contribution in [3.63, 3.8) is 0 Å². The number of thiophene rings is 1. The van der Waals surface area contributed by atoms with E-state index in [9.17, 15) is 23.7 Å². The molecule has 0 saturated carbocycles. The molecule has 0 fully saturated rings. The summed E-state index contributed by atoms with van der Waals surface area (Å²) in [5.41, 5.74) is -1.34. The second-order valence-corrected chi connectivity index (χ2v) is 4.42. The first-order valence-corrected chi connectivity index (χ1v) is 5.85. The Balaban J connectivity index is 2.32. The number of nitrogens with one attached hydrogen (secondary N) is 1. The first kappa shape index (κ1) is 13.1. The molecule has 1 heterocycles. The minimum absolute atomic E-state index is 0.311. The molecule has 0 atom stereocenters. The average Bonchev–Trinajstić information content (AvgIpc) is 2.85. The maximum atomic E-state index is 13.4. The van der Waals surface area contributed by atoms with Gasteiger partial charge >= 0.3 is 5.69 Å². The van der Waals surface area contributed by atoms with Gasteiger partial charge in [0.05, 0.1) is 15.5 Å². The molecular weight excluding hydrogens is 278 g/mol. The summed E-state index contributed by atoms with van der Waals surface area (Å²) >= 11 is 1.13. The highest BCUT2D eigenvalue weighted by molar-refractivity contribution is 7.12. The van der Waals surface area contributed by atoms with Crippen LogP contribution in [0.4, 0.5) is 20.2 Å². The topological polar surface area (TPSA) is 72.2 Å². The number of nitro groups is 1. The summed E-state index contributed by atoms with van der Waals surface area (Å²) in [4.78, 5) is 21.5. The third-order valence-corrected chi connectivity index (χ3v) is 3.09. The molecule has 1 amide bonds. The molecule has 2 aromatic rings. The van der Waals surface area contributed by atoms with E-state index in [1.807, 2.05) is 0 Å². The van der Waals surface area contributed by atoms with E-state index in [4.69, 9.17) is 0 Å². The molecule has 0 aliphatic heterocycles. The normalized spacial score (nSPS) is 10.2. The van der Waals surface area contributed by atoms with Crippen LogP contribution in [0.3, 0.4) is 0 Å². The summed E-state index contributed by atoms with van der Waals surface area (Å²) in [6.07, 6.45) is 0. The molecule has 1 N–H and O–H groups in total. The van der Waals surface area contributed by atoms with Crippen LogP contribution in [0.5, 0.6) is 0 Å². The third-order valence-electron chi connectivity index (χ3n) is 2.23. The van der Waals surface area contributed by atoms with Gasteiger partial charge in [0.1, 0.15) is 5.82 Å². The Morgan fingerprint density at radius 2 is 2.05 bits per heavy atom. The summed E-state index contributed by atoms with van der Waals surface area (Å²) in [5, 5.41) is 14.3. The van der Waals surface area contributed by atoms with Crippen molar-refractivity contribution < 1.29 is 18.5 Å². The lowest BCUT2D eigenvalue weighted by Gasteiger charge is -2.05. The van der Waals surface area contributed by atoms with Gasteiger partial charge in [0.15, 0.2) is 0 Å². The zero-order valence-electron chi connectivity index (χ0n) is 9.22. The van der Waals surface area contributed by atoms with Crippen molar-refractivity contribution in [2.24, 2.45) is 0 Å². The van der Waals surface area contributed by atoms with Gasteiger partial charge in [-0.05, 0) is 11.4 Å². The maximum Gasteiger partial charge on any atom is 0.307 e. The number of halogens is 2. The molecule has 0 unspecified atom stereocenters. The molecule has 2 rings (SSSR count). The Morgan fingerprint density at radius 3 is 2.63 bits per heavy atom. The number of benzene rings is 1. The maximum absolute atomic E-state index is 13.4. The molecule has 1 aromatic heterocycles. The van der Waals surface area contributed by atoms with Gasteiger partial charge in [0, 0.05) is 12.1 Å². The van der Waals surface area contributed by atoms with Gasteiger partial charge in [0.25, 0.3) is 5.91 Å². The number of carbonyl (C=O) groups excluding carboxylic acids is 1. The van der Waals surface area contributed by atoms with Crippen molar-refractivity contribution >= 4 is 28.6 Å². The molecule has 1 aromatic carbocycles. The second-order valence-electron chi connectivity index (χ2n) is 3.47. The Morgan fingerprint density at radius 1 is 1.32 bits per heavy atom. The Labute approximate surface area is 109 Å². The van der Waals surface area contributed by atoms with Crippen molar-refractivity contribution in [2.45, 2.75) is 0 Å². The van der Waals surface area contributed by atoms with E-state index in [1.165, 1.54) is 6.07 Å². The number of amides is 1. The first-order valence-electron chi connectivity index (χ1n) is 4.97. The minimum atomic E-state index is -1.29. The van der Waals surface area contributed by atoms with Gasteiger partial charge in [-0.2, -0.15) is 4.39 Å². The molecule has 0 aliphatic carbocycles. The molecule has 8 heteroatoms. The lowest BCUT2D eigenvalue weighted by Crippen LogP contribution is -2.12. The highest BCUT2D eigenvalue weighted by atomic mass is 32.1. The van der Waals surface area contributed by atoms with Crippen LogP contribution < -0.4 is 5.32 Å². The predicted octanol–water partition coefficient (Wildman–Crippen LogP) is 3.19. The largest absolute Gasteiger partial charge is 0.319 e. The summed E-state index contributed by atoms with van der Waals surface area (Å²) in [7, 11) is 0. The Bertz CT molecular complexity index is 644. The SMILES string of the molecule is O=C(Nc1cc([N+](=O)[O-])c(F)cc1F)c1cccs1. The lowest BCUT2D eigenvalue weighted by atomic mass is 10.2. The van der Waals surface area contributed by atoms with E-state index < -0.39 is 33.8 Å². The average molecular weight is 284 g/mol. The quantitative estimate of drug-likeness (QED) is 0.695. The smallest absolute Gasteiger partial charge is 0.307 e. The first-order chi connectivity index (χ1) is 8.99. The standard InChI is InChI=1S/C11H6F2N2O3S/c12-6-4-7(13)9(15(17)18)5-8(6)14-11(16)10-2-1-3-19-10/h1-5H,(H,14,16). The zero-order chi connectivity index (χ0) is 14.0. The summed E-state index contributed by atoms with van der Waals surface area (Å²) < 4.78 is 26.5. The molecule has 0 spiro atoms. The fourth-order valence-corrected chi connectivity index (χ4v) is 1.98. The van der Waals surface area contributed by atoms with E-state index in [0.717, 1.165) is 11.3 Å². The van der Waals surface area contributed by atoms with Gasteiger partial charge in [-0.15, -0.1) is 11.3 Å². The lowest BCUT2D eigenvalue weighted by molar-refractivity contribution is -0.387. The van der Waals surface area contributed by atoms with Crippen LogP contribution in [0, 0.1) is 21.7 Å². The van der Waals surface area contributed by atoms with Gasteiger partial charge in [-0.25, -0.2) is 4.39 Å². The highest BCUT2D eigenvalue weighted by Gasteiger charge is 2.20. The number of nitro benzene ring substituents is 1. The third kappa shape index (κ3) is 2.74. The van der Waals surface area contributed by atoms with E-state index in [-0.39, 0.29) is 0 Å². The van der Waals surface area contributed by atoms with E-state index in [0.29, 0.717) is 17.0 Å². The van der Waals surface area contributed by atoms with Crippen LogP contribution in [-0.2, 0) is 0 Å². The van der Waals surface area contributed by atoms with Crippen LogP contribution >= 0.6 is 11.3 Å². The van der Waals surface area contributed by atoms with Gasteiger partial charge in [-0.1, -0.05) is 6.07 Å². The Hall–Kier alpha value is -2.35. The molecule has 0 aliphatic rings. The van der Waals surface area contributed by atoms with Crippen LogP contribution in [0.15, 0.2) is 29.6 Å². The number of nitrogens with zero attached hydrogens (tertiary/aromatic N) is 1. The zero-order valence-corrected chi connectivity index (χ0v) is 10.0. The second kappa shape index (κ2) is 5.11. The summed E-state index contributed by atoms with van der Waals surface area (Å²) in [6.45, 7) is 0. The van der Waals surface area contributed by atoms with Crippen molar-refractivity contribution in [1.29, 1.82) is 0 Å². The van der Waals surface area contributed by atoms with Crippen LogP contribution in [0.2, 0.25) is 0 Å². The molecule has 0 radical (unpaired) electrons. The molecule has 98 valence electrons. The van der Waals surface area contributed by atoms with Crippen LogP contribution in [0.25, 0.3) is 0 Å². The van der Waals surface area contributed by atoms with Crippen LogP contribution in [-0.4, -0.2) is 10.8 Å². The van der Waals surface area contributed by atoms with Crippen molar-refractivity contribution in [3.05, 3.63) is 56.3 Å². The fraction of sp³-hybridized carbons (Fsp3) is 0. The summed E-state index contributed by atoms with van der Waals surface area (Å²) in [6, 6.07) is 4.15. The molecule has 0 saturated heterocycles. The monoisotopic (exact) mass is 284 g/mol.